The second-order valence-corrected chi connectivity index (χ2v) is 8.41. The number of thiocarbonyl (C=S) groups is 1. The van der Waals surface area contributed by atoms with Crippen LogP contribution in [0.5, 0.6) is 0 Å². The van der Waals surface area contributed by atoms with Gasteiger partial charge >= 0.3 is 0 Å². The fourth-order valence-electron chi connectivity index (χ4n) is 3.96. The number of rotatable bonds is 4. The van der Waals surface area contributed by atoms with Crippen LogP contribution in [0.4, 0.5) is 10.1 Å². The van der Waals surface area contributed by atoms with E-state index in [0.29, 0.717) is 0 Å². The Hall–Kier alpha value is -3.31. The van der Waals surface area contributed by atoms with Gasteiger partial charge in [0, 0.05) is 17.6 Å². The molecule has 1 nitrogen and oxygen atoms in total. The highest BCUT2D eigenvalue weighted by Crippen LogP contribution is 2.33. The van der Waals surface area contributed by atoms with Gasteiger partial charge in [-0.25, -0.2) is 4.39 Å². The smallest absolute Gasteiger partial charge is 0.150 e. The first-order valence-corrected chi connectivity index (χ1v) is 10.9. The maximum Gasteiger partial charge on any atom is 0.150 e. The quantitative estimate of drug-likeness (QED) is 0.247. The molecule has 3 heteroatoms. The van der Waals surface area contributed by atoms with Crippen molar-refractivity contribution >= 4 is 29.1 Å². The van der Waals surface area contributed by atoms with Gasteiger partial charge in [-0.2, -0.15) is 4.99 Å². The van der Waals surface area contributed by atoms with Crippen LogP contribution in [-0.2, 0) is 12.8 Å². The van der Waals surface area contributed by atoms with Crippen molar-refractivity contribution in [1.82, 2.24) is 0 Å². The van der Waals surface area contributed by atoms with Gasteiger partial charge in [-0.1, -0.05) is 48.2 Å². The molecule has 0 heterocycles. The normalized spacial score (nSPS) is 14.2. The van der Waals surface area contributed by atoms with Crippen LogP contribution in [0.2, 0.25) is 0 Å². The molecular formula is C28H20FNS. The van der Waals surface area contributed by atoms with E-state index >= 15 is 0 Å². The highest BCUT2D eigenvalue weighted by molar-refractivity contribution is 7.78. The first-order chi connectivity index (χ1) is 15.2. The number of isothiocyanates is 1. The van der Waals surface area contributed by atoms with Crippen molar-refractivity contribution in [2.45, 2.75) is 25.7 Å². The summed E-state index contributed by atoms with van der Waals surface area (Å²) < 4.78 is 14.2. The summed E-state index contributed by atoms with van der Waals surface area (Å²) in [6, 6.07) is 19.8. The third kappa shape index (κ3) is 4.57. The van der Waals surface area contributed by atoms with Crippen molar-refractivity contribution in [2.75, 3.05) is 0 Å². The molecule has 3 aromatic carbocycles. The monoisotopic (exact) mass is 421 g/mol. The Bertz CT molecular complexity index is 1300. The van der Waals surface area contributed by atoms with E-state index in [1.54, 1.807) is 6.07 Å². The molecule has 0 atom stereocenters. The molecule has 0 saturated heterocycles. The van der Waals surface area contributed by atoms with E-state index < -0.39 is 5.82 Å². The lowest BCUT2D eigenvalue weighted by Crippen LogP contribution is -1.87. The highest BCUT2D eigenvalue weighted by Gasteiger charge is 2.21. The van der Waals surface area contributed by atoms with Crippen LogP contribution >= 0.6 is 12.2 Å². The molecule has 0 aliphatic heterocycles. The summed E-state index contributed by atoms with van der Waals surface area (Å²) in [4.78, 5) is 3.74. The van der Waals surface area contributed by atoms with Crippen LogP contribution in [0.15, 0.2) is 71.2 Å². The van der Waals surface area contributed by atoms with Crippen molar-refractivity contribution in [2.24, 2.45) is 10.9 Å². The topological polar surface area (TPSA) is 12.4 Å². The van der Waals surface area contributed by atoms with E-state index in [1.807, 2.05) is 12.1 Å². The van der Waals surface area contributed by atoms with Crippen molar-refractivity contribution < 1.29 is 4.39 Å². The van der Waals surface area contributed by atoms with Gasteiger partial charge in [-0.3, -0.25) is 0 Å². The lowest BCUT2D eigenvalue weighted by Gasteiger charge is -2.06. The van der Waals surface area contributed by atoms with Gasteiger partial charge in [0.2, 0.25) is 0 Å². The first kappa shape index (κ1) is 19.6. The number of nitrogens with zero attached hydrogens (tertiary/aromatic N) is 1. The Labute approximate surface area is 187 Å². The Morgan fingerprint density at radius 3 is 2.45 bits per heavy atom. The zero-order chi connectivity index (χ0) is 21.2. The standard InChI is InChI=1S/C28H20FNS/c29-27-17-25(11-12-28(27)30-18-31)24-10-9-23-14-22(15-26(23)16-24)8-3-19-1-4-20(5-2-19)13-21-6-7-21/h1-2,4-5,9-12,14,16-17,21H,6-7,13,15H2. The van der Waals surface area contributed by atoms with E-state index in [0.717, 1.165) is 34.6 Å². The Kier molecular flexibility index (Phi) is 5.35. The maximum absolute atomic E-state index is 14.2. The van der Waals surface area contributed by atoms with Crippen molar-refractivity contribution in [3.8, 4) is 23.0 Å². The van der Waals surface area contributed by atoms with E-state index in [1.165, 1.54) is 42.0 Å². The summed E-state index contributed by atoms with van der Waals surface area (Å²) in [6.45, 7) is 0. The number of aliphatic imine (C=N–C) groups is 1. The van der Waals surface area contributed by atoms with Crippen molar-refractivity contribution in [3.63, 3.8) is 0 Å². The highest BCUT2D eigenvalue weighted by atomic mass is 32.1. The van der Waals surface area contributed by atoms with Crippen LogP contribution in [0.1, 0.15) is 35.1 Å². The van der Waals surface area contributed by atoms with Crippen LogP contribution in [-0.4, -0.2) is 5.16 Å². The Balaban J connectivity index is 1.30. The Morgan fingerprint density at radius 1 is 0.935 bits per heavy atom. The number of fused-ring (bicyclic) bond motifs is 1. The summed E-state index contributed by atoms with van der Waals surface area (Å²) in [5, 5.41) is 2.21. The van der Waals surface area contributed by atoms with Gasteiger partial charge in [0.1, 0.15) is 11.5 Å². The van der Waals surface area contributed by atoms with Crippen LogP contribution < -0.4 is 0 Å². The molecule has 0 N–H and O–H groups in total. The average molecular weight is 422 g/mol. The summed E-state index contributed by atoms with van der Waals surface area (Å²) in [6.07, 6.45) is 6.89. The zero-order valence-electron chi connectivity index (χ0n) is 17.0. The number of halogens is 1. The number of hydrogen-bond donors (Lipinski definition) is 0. The average Bonchev–Trinajstić information content (AvgIpc) is 3.50. The molecule has 0 radical (unpaired) electrons. The van der Waals surface area contributed by atoms with Crippen molar-refractivity contribution in [1.29, 1.82) is 0 Å². The predicted molar refractivity (Wildman–Crippen MR) is 128 cm³/mol. The van der Waals surface area contributed by atoms with E-state index in [9.17, 15) is 4.39 Å². The number of benzene rings is 3. The van der Waals surface area contributed by atoms with E-state index in [4.69, 9.17) is 0 Å². The maximum atomic E-state index is 14.2. The summed E-state index contributed by atoms with van der Waals surface area (Å²) in [5.74, 6) is 7.13. The molecule has 0 spiro atoms. The van der Waals surface area contributed by atoms with Crippen LogP contribution in [0.3, 0.4) is 0 Å². The van der Waals surface area contributed by atoms with Gasteiger partial charge in [0.25, 0.3) is 0 Å². The fraction of sp³-hybridized carbons (Fsp3) is 0.179. The molecule has 3 aromatic rings. The second kappa shape index (κ2) is 8.44. The minimum Gasteiger partial charge on any atom is -0.205 e. The fourth-order valence-corrected chi connectivity index (χ4v) is 4.06. The largest absolute Gasteiger partial charge is 0.205 e. The van der Waals surface area contributed by atoms with Gasteiger partial charge in [-0.05, 0) is 95.6 Å². The van der Waals surface area contributed by atoms with Crippen LogP contribution in [0.25, 0.3) is 17.2 Å². The summed E-state index contributed by atoms with van der Waals surface area (Å²) >= 11 is 4.56. The first-order valence-electron chi connectivity index (χ1n) is 10.5. The Morgan fingerprint density at radius 2 is 1.71 bits per heavy atom. The minimum atomic E-state index is -0.400. The summed E-state index contributed by atoms with van der Waals surface area (Å²) in [7, 11) is 0. The lowest BCUT2D eigenvalue weighted by molar-refractivity contribution is 0.630. The third-order valence-corrected chi connectivity index (χ3v) is 5.93. The minimum absolute atomic E-state index is 0.208. The van der Waals surface area contributed by atoms with Crippen LogP contribution in [0, 0.1) is 23.6 Å². The van der Waals surface area contributed by atoms with Gasteiger partial charge in [0.15, 0.2) is 0 Å². The molecule has 1 fully saturated rings. The molecule has 31 heavy (non-hydrogen) atoms. The molecule has 0 unspecified atom stereocenters. The molecule has 150 valence electrons. The second-order valence-electron chi connectivity index (χ2n) is 8.22. The number of hydrogen-bond acceptors (Lipinski definition) is 2. The van der Waals surface area contributed by atoms with E-state index in [-0.39, 0.29) is 5.69 Å². The molecule has 0 bridgehead atoms. The summed E-state index contributed by atoms with van der Waals surface area (Å²) in [5.41, 5.74) is 7.95. The predicted octanol–water partition coefficient (Wildman–Crippen LogP) is 7.17. The van der Waals surface area contributed by atoms with Gasteiger partial charge < -0.3 is 0 Å². The molecule has 0 aromatic heterocycles. The van der Waals surface area contributed by atoms with Gasteiger partial charge in [-0.15, -0.1) is 0 Å². The molecular weight excluding hydrogens is 401 g/mol. The van der Waals surface area contributed by atoms with E-state index in [2.05, 4.69) is 76.7 Å². The molecule has 2 aliphatic carbocycles. The molecule has 2 aliphatic rings. The SMILES string of the molecule is Fc1cc(-c2ccc3c(c2)CC(C#Cc2ccc(CC4CC4)cc2)=C3)ccc1N=C=S. The molecule has 0 amide bonds. The molecule has 1 saturated carbocycles. The third-order valence-electron chi connectivity index (χ3n) is 5.84. The van der Waals surface area contributed by atoms with Crippen molar-refractivity contribution in [3.05, 3.63) is 94.3 Å². The molecule has 5 rings (SSSR count). The number of allylic oxidation sites excluding steroid dienone is 1. The van der Waals surface area contributed by atoms with Gasteiger partial charge in [0.05, 0.1) is 5.16 Å². The zero-order valence-corrected chi connectivity index (χ0v) is 17.8. The lowest BCUT2D eigenvalue weighted by atomic mass is 9.99.